The molecular weight excluding hydrogens is 260 g/mol. The fraction of sp³-hybridized carbons (Fsp3) is 0.143. The van der Waals surface area contributed by atoms with Crippen LogP contribution in [0.5, 0.6) is 5.75 Å². The SMILES string of the molecule is [N-]=[N+]=Nc1cc(Br)cc(OC(F)F)c1. The maximum Gasteiger partial charge on any atom is 0.387 e. The van der Waals surface area contributed by atoms with E-state index in [0.29, 0.717) is 4.47 Å². The van der Waals surface area contributed by atoms with Gasteiger partial charge in [-0.2, -0.15) is 8.78 Å². The Morgan fingerprint density at radius 3 is 2.71 bits per heavy atom. The molecule has 0 aliphatic rings. The van der Waals surface area contributed by atoms with Gasteiger partial charge in [-0.05, 0) is 23.7 Å². The van der Waals surface area contributed by atoms with E-state index in [1.54, 1.807) is 0 Å². The summed E-state index contributed by atoms with van der Waals surface area (Å²) in [5.41, 5.74) is 8.34. The van der Waals surface area contributed by atoms with Crippen molar-refractivity contribution in [1.29, 1.82) is 0 Å². The third kappa shape index (κ3) is 3.20. The molecule has 0 bridgehead atoms. The summed E-state index contributed by atoms with van der Waals surface area (Å²) in [5, 5.41) is 3.26. The van der Waals surface area contributed by atoms with E-state index < -0.39 is 6.61 Å². The third-order valence-corrected chi connectivity index (χ3v) is 1.70. The molecule has 0 saturated carbocycles. The highest BCUT2D eigenvalue weighted by atomic mass is 79.9. The van der Waals surface area contributed by atoms with E-state index in [-0.39, 0.29) is 11.4 Å². The summed E-state index contributed by atoms with van der Waals surface area (Å²) in [6.45, 7) is -2.90. The van der Waals surface area contributed by atoms with Crippen LogP contribution in [0.4, 0.5) is 14.5 Å². The van der Waals surface area contributed by atoms with Gasteiger partial charge in [0.1, 0.15) is 5.75 Å². The molecule has 1 rings (SSSR count). The second-order valence-electron chi connectivity index (χ2n) is 2.21. The highest BCUT2D eigenvalue weighted by Crippen LogP contribution is 2.27. The number of hydrogen-bond donors (Lipinski definition) is 0. The molecule has 14 heavy (non-hydrogen) atoms. The minimum absolute atomic E-state index is 0.0585. The molecule has 0 amide bonds. The molecule has 1 aromatic rings. The van der Waals surface area contributed by atoms with E-state index in [1.807, 2.05) is 0 Å². The number of benzene rings is 1. The Kier molecular flexibility index (Phi) is 3.67. The van der Waals surface area contributed by atoms with Crippen LogP contribution in [0.1, 0.15) is 0 Å². The third-order valence-electron chi connectivity index (χ3n) is 1.24. The predicted molar refractivity (Wildman–Crippen MR) is 49.6 cm³/mol. The van der Waals surface area contributed by atoms with Gasteiger partial charge in [0, 0.05) is 15.1 Å². The summed E-state index contributed by atoms with van der Waals surface area (Å²) in [4.78, 5) is 2.53. The first-order valence-electron chi connectivity index (χ1n) is 3.42. The molecule has 0 N–H and O–H groups in total. The highest BCUT2D eigenvalue weighted by molar-refractivity contribution is 9.10. The zero-order chi connectivity index (χ0) is 10.6. The lowest BCUT2D eigenvalue weighted by atomic mass is 10.3. The molecule has 0 aromatic heterocycles. The summed E-state index contributed by atoms with van der Waals surface area (Å²) in [6.07, 6.45) is 0. The normalized spacial score (nSPS) is 9.71. The number of azide groups is 1. The van der Waals surface area contributed by atoms with Gasteiger partial charge in [-0.1, -0.05) is 21.0 Å². The van der Waals surface area contributed by atoms with Gasteiger partial charge in [0.05, 0.1) is 0 Å². The van der Waals surface area contributed by atoms with E-state index >= 15 is 0 Å². The summed E-state index contributed by atoms with van der Waals surface area (Å²) < 4.78 is 28.3. The van der Waals surface area contributed by atoms with Gasteiger partial charge in [-0.3, -0.25) is 0 Å². The van der Waals surface area contributed by atoms with Crippen molar-refractivity contribution < 1.29 is 13.5 Å². The van der Waals surface area contributed by atoms with Crippen molar-refractivity contribution in [3.05, 3.63) is 33.1 Å². The largest absolute Gasteiger partial charge is 0.435 e. The maximum absolute atomic E-state index is 11.8. The summed E-state index contributed by atoms with van der Waals surface area (Å²) in [5.74, 6) is -0.0585. The fourth-order valence-corrected chi connectivity index (χ4v) is 1.29. The van der Waals surface area contributed by atoms with Crippen LogP contribution in [0.2, 0.25) is 0 Å². The summed E-state index contributed by atoms with van der Waals surface area (Å²) in [7, 11) is 0. The van der Waals surface area contributed by atoms with Crippen molar-refractivity contribution in [2.45, 2.75) is 6.61 Å². The Morgan fingerprint density at radius 1 is 1.43 bits per heavy atom. The summed E-state index contributed by atoms with van der Waals surface area (Å²) in [6, 6.07) is 4.05. The van der Waals surface area contributed by atoms with Crippen molar-refractivity contribution in [2.75, 3.05) is 0 Å². The number of halogens is 3. The first-order chi connectivity index (χ1) is 6.61. The van der Waals surface area contributed by atoms with Crippen LogP contribution < -0.4 is 4.74 Å². The Bertz CT molecular complexity index is 379. The average Bonchev–Trinajstić information content (AvgIpc) is 2.01. The lowest BCUT2D eigenvalue weighted by molar-refractivity contribution is -0.0498. The molecule has 0 radical (unpaired) electrons. The fourth-order valence-electron chi connectivity index (χ4n) is 0.828. The number of hydrogen-bond acceptors (Lipinski definition) is 2. The molecule has 0 aliphatic carbocycles. The van der Waals surface area contributed by atoms with Gasteiger partial charge in [0.2, 0.25) is 0 Å². The van der Waals surface area contributed by atoms with Crippen molar-refractivity contribution in [3.8, 4) is 5.75 Å². The average molecular weight is 264 g/mol. The van der Waals surface area contributed by atoms with Crippen LogP contribution in [0.25, 0.3) is 10.4 Å². The molecular formula is C7H4BrF2N3O. The standard InChI is InChI=1S/C7H4BrF2N3O/c8-4-1-5(12-13-11)3-6(2-4)14-7(9)10/h1-3,7H. The van der Waals surface area contributed by atoms with Crippen LogP contribution in [0.3, 0.4) is 0 Å². The lowest BCUT2D eigenvalue weighted by Crippen LogP contribution is -2.01. The molecule has 0 spiro atoms. The van der Waals surface area contributed by atoms with Crippen LogP contribution in [-0.4, -0.2) is 6.61 Å². The van der Waals surface area contributed by atoms with Gasteiger partial charge in [-0.15, -0.1) is 0 Å². The Labute approximate surface area is 86.2 Å². The number of nitrogens with zero attached hydrogens (tertiary/aromatic N) is 3. The zero-order valence-corrected chi connectivity index (χ0v) is 8.28. The second kappa shape index (κ2) is 4.78. The van der Waals surface area contributed by atoms with Crippen LogP contribution in [0, 0.1) is 0 Å². The Balaban J connectivity index is 3.00. The van der Waals surface area contributed by atoms with E-state index in [2.05, 4.69) is 30.7 Å². The molecule has 0 unspecified atom stereocenters. The minimum atomic E-state index is -2.90. The maximum atomic E-state index is 11.8. The lowest BCUT2D eigenvalue weighted by Gasteiger charge is -2.05. The zero-order valence-electron chi connectivity index (χ0n) is 6.69. The molecule has 74 valence electrons. The molecule has 0 saturated heterocycles. The Morgan fingerprint density at radius 2 is 2.14 bits per heavy atom. The monoisotopic (exact) mass is 263 g/mol. The molecule has 1 aromatic carbocycles. The van der Waals surface area contributed by atoms with Crippen LogP contribution in [-0.2, 0) is 0 Å². The quantitative estimate of drug-likeness (QED) is 0.462. The first-order valence-corrected chi connectivity index (χ1v) is 4.21. The van der Waals surface area contributed by atoms with Crippen molar-refractivity contribution >= 4 is 21.6 Å². The number of rotatable bonds is 3. The topological polar surface area (TPSA) is 58.0 Å². The molecule has 0 fully saturated rings. The first kappa shape index (κ1) is 10.7. The minimum Gasteiger partial charge on any atom is -0.435 e. The highest BCUT2D eigenvalue weighted by Gasteiger charge is 2.05. The second-order valence-corrected chi connectivity index (χ2v) is 3.13. The van der Waals surface area contributed by atoms with Crippen LogP contribution in [0.15, 0.2) is 27.8 Å². The van der Waals surface area contributed by atoms with Gasteiger partial charge < -0.3 is 4.74 Å². The van der Waals surface area contributed by atoms with E-state index in [9.17, 15) is 8.78 Å². The van der Waals surface area contributed by atoms with Crippen LogP contribution >= 0.6 is 15.9 Å². The number of ether oxygens (including phenoxy) is 1. The van der Waals surface area contributed by atoms with Crippen molar-refractivity contribution in [1.82, 2.24) is 0 Å². The predicted octanol–water partition coefficient (Wildman–Crippen LogP) is 3.99. The van der Waals surface area contributed by atoms with Gasteiger partial charge >= 0.3 is 6.61 Å². The molecule has 7 heteroatoms. The molecule has 0 heterocycles. The van der Waals surface area contributed by atoms with E-state index in [1.165, 1.54) is 18.2 Å². The van der Waals surface area contributed by atoms with Crippen molar-refractivity contribution in [2.24, 2.45) is 5.11 Å². The Hall–Kier alpha value is -1.33. The number of alkyl halides is 2. The summed E-state index contributed by atoms with van der Waals surface area (Å²) >= 11 is 3.06. The van der Waals surface area contributed by atoms with E-state index in [0.717, 1.165) is 0 Å². The van der Waals surface area contributed by atoms with Crippen molar-refractivity contribution in [3.63, 3.8) is 0 Å². The van der Waals surface area contributed by atoms with Gasteiger partial charge in [0.15, 0.2) is 0 Å². The van der Waals surface area contributed by atoms with E-state index in [4.69, 9.17) is 5.53 Å². The van der Waals surface area contributed by atoms with Gasteiger partial charge in [-0.25, -0.2) is 0 Å². The molecule has 0 atom stereocenters. The smallest absolute Gasteiger partial charge is 0.387 e. The van der Waals surface area contributed by atoms with Gasteiger partial charge in [0.25, 0.3) is 0 Å². The molecule has 4 nitrogen and oxygen atoms in total. The molecule has 0 aliphatic heterocycles.